The van der Waals surface area contributed by atoms with Crippen LogP contribution in [0.15, 0.2) is 36.9 Å². The quantitative estimate of drug-likeness (QED) is 0.285. The van der Waals surface area contributed by atoms with Gasteiger partial charge in [-0.2, -0.15) is 0 Å². The molecule has 1 N–H and O–H groups in total. The molecule has 0 amide bonds. The first-order valence-electron chi connectivity index (χ1n) is 12.9. The van der Waals surface area contributed by atoms with Crippen LogP contribution in [-0.2, 0) is 11.3 Å². The van der Waals surface area contributed by atoms with Crippen molar-refractivity contribution in [2.75, 3.05) is 24.6 Å². The minimum Gasteiger partial charge on any atom is -0.494 e. The Morgan fingerprint density at radius 2 is 1.82 bits per heavy atom. The van der Waals surface area contributed by atoms with E-state index in [4.69, 9.17) is 4.74 Å². The van der Waals surface area contributed by atoms with Crippen molar-refractivity contribution in [1.29, 1.82) is 0 Å². The number of hydrogen-bond donors (Lipinski definition) is 1. The highest BCUT2D eigenvalue weighted by atomic mass is 16.5. The van der Waals surface area contributed by atoms with Crippen molar-refractivity contribution in [2.24, 2.45) is 0 Å². The lowest BCUT2D eigenvalue weighted by atomic mass is 9.97. The van der Waals surface area contributed by atoms with Crippen LogP contribution in [0.4, 0.5) is 5.69 Å². The number of fused-ring (bicyclic) bond motifs is 1. The molecule has 0 spiro atoms. The van der Waals surface area contributed by atoms with E-state index in [9.17, 15) is 9.90 Å². The zero-order valence-electron chi connectivity index (χ0n) is 20.3. The molecule has 0 bridgehead atoms. The summed E-state index contributed by atoms with van der Waals surface area (Å²) in [5.41, 5.74) is 2.23. The first kappa shape index (κ1) is 25.1. The van der Waals surface area contributed by atoms with Crippen LogP contribution in [0.5, 0.6) is 5.75 Å². The largest absolute Gasteiger partial charge is 0.494 e. The van der Waals surface area contributed by atoms with Gasteiger partial charge in [-0.25, -0.2) is 4.98 Å². The van der Waals surface area contributed by atoms with E-state index in [0.717, 1.165) is 44.0 Å². The van der Waals surface area contributed by atoms with Gasteiger partial charge in [-0.05, 0) is 36.6 Å². The second kappa shape index (κ2) is 13.9. The molecule has 0 saturated heterocycles. The van der Waals surface area contributed by atoms with Gasteiger partial charge >= 0.3 is 5.97 Å². The SMILES string of the molecule is CCCCCCCCCCCCOc1ccc2c(c1)C(CCn1ccnc1)CN2CC(=O)O. The van der Waals surface area contributed by atoms with Gasteiger partial charge in [-0.1, -0.05) is 64.7 Å². The van der Waals surface area contributed by atoms with Gasteiger partial charge < -0.3 is 19.3 Å². The first-order chi connectivity index (χ1) is 16.2. The standard InChI is InChI=1S/C27H41N3O3/c1-2-3-4-5-6-7-8-9-10-11-18-33-24-12-13-26-25(19-24)23(20-30(26)21-27(31)32)14-16-29-17-15-28-22-29/h12-13,15,17,19,22-23H,2-11,14,16,18,20-21H2,1H3,(H,31,32). The van der Waals surface area contributed by atoms with E-state index in [1.54, 1.807) is 6.20 Å². The third-order valence-corrected chi connectivity index (χ3v) is 6.61. The van der Waals surface area contributed by atoms with Crippen molar-refractivity contribution < 1.29 is 14.6 Å². The van der Waals surface area contributed by atoms with Gasteiger partial charge in [0.05, 0.1) is 12.9 Å². The van der Waals surface area contributed by atoms with Crippen molar-refractivity contribution in [1.82, 2.24) is 9.55 Å². The zero-order chi connectivity index (χ0) is 23.3. The maximum atomic E-state index is 11.3. The fourth-order valence-electron chi connectivity index (χ4n) is 4.76. The number of hydrogen-bond acceptors (Lipinski definition) is 4. The summed E-state index contributed by atoms with van der Waals surface area (Å²) in [6.07, 6.45) is 19.7. The molecule has 6 nitrogen and oxygen atoms in total. The van der Waals surface area contributed by atoms with E-state index < -0.39 is 5.97 Å². The molecule has 1 aliphatic rings. The van der Waals surface area contributed by atoms with Gasteiger partial charge in [-0.3, -0.25) is 4.79 Å². The number of unbranched alkanes of at least 4 members (excludes halogenated alkanes) is 9. The summed E-state index contributed by atoms with van der Waals surface area (Å²) in [5, 5.41) is 9.31. The Balaban J connectivity index is 1.42. The van der Waals surface area contributed by atoms with Crippen molar-refractivity contribution in [3.05, 3.63) is 42.5 Å². The highest BCUT2D eigenvalue weighted by molar-refractivity contribution is 5.76. The Hall–Kier alpha value is -2.50. The molecule has 1 aromatic heterocycles. The van der Waals surface area contributed by atoms with Crippen LogP contribution >= 0.6 is 0 Å². The average Bonchev–Trinajstić information content (AvgIpc) is 3.44. The predicted molar refractivity (Wildman–Crippen MR) is 133 cm³/mol. The highest BCUT2D eigenvalue weighted by Crippen LogP contribution is 2.40. The number of carboxylic acids is 1. The van der Waals surface area contributed by atoms with Gasteiger partial charge in [0.2, 0.25) is 0 Å². The summed E-state index contributed by atoms with van der Waals surface area (Å²) in [6, 6.07) is 6.15. The number of carbonyl (C=O) groups is 1. The van der Waals surface area contributed by atoms with Crippen molar-refractivity contribution in [3.8, 4) is 5.75 Å². The molecular formula is C27H41N3O3. The van der Waals surface area contributed by atoms with Crippen molar-refractivity contribution in [2.45, 2.75) is 90.0 Å². The normalized spacial score (nSPS) is 15.1. The molecule has 0 fully saturated rings. The predicted octanol–water partition coefficient (Wildman–Crippen LogP) is 6.26. The summed E-state index contributed by atoms with van der Waals surface area (Å²) in [7, 11) is 0. The smallest absolute Gasteiger partial charge is 0.323 e. The Morgan fingerprint density at radius 3 is 2.48 bits per heavy atom. The monoisotopic (exact) mass is 455 g/mol. The number of imidazole rings is 1. The summed E-state index contributed by atoms with van der Waals surface area (Å²) in [6.45, 7) is 4.65. The molecule has 1 unspecified atom stereocenters. The third kappa shape index (κ3) is 8.41. The highest BCUT2D eigenvalue weighted by Gasteiger charge is 2.30. The van der Waals surface area contributed by atoms with Crippen molar-refractivity contribution in [3.63, 3.8) is 0 Å². The van der Waals surface area contributed by atoms with E-state index in [1.165, 1.54) is 63.4 Å². The molecule has 0 aliphatic carbocycles. The van der Waals surface area contributed by atoms with Crippen LogP contribution < -0.4 is 9.64 Å². The number of rotatable bonds is 17. The van der Waals surface area contributed by atoms with Gasteiger partial charge in [-0.15, -0.1) is 0 Å². The fraction of sp³-hybridized carbons (Fsp3) is 0.630. The van der Waals surface area contributed by atoms with Crippen LogP contribution in [0, 0.1) is 0 Å². The van der Waals surface area contributed by atoms with E-state index in [2.05, 4.69) is 22.5 Å². The van der Waals surface area contributed by atoms with E-state index in [-0.39, 0.29) is 6.54 Å². The Bertz CT molecular complexity index is 822. The topological polar surface area (TPSA) is 67.6 Å². The zero-order valence-corrected chi connectivity index (χ0v) is 20.3. The number of ether oxygens (including phenoxy) is 1. The Labute approximate surface area is 199 Å². The maximum absolute atomic E-state index is 11.3. The van der Waals surface area contributed by atoms with Crippen molar-refractivity contribution >= 4 is 11.7 Å². The maximum Gasteiger partial charge on any atom is 0.323 e. The van der Waals surface area contributed by atoms with Gasteiger partial charge in [0.15, 0.2) is 0 Å². The molecular weight excluding hydrogens is 414 g/mol. The molecule has 6 heteroatoms. The van der Waals surface area contributed by atoms with Crippen LogP contribution in [0.2, 0.25) is 0 Å². The fourth-order valence-corrected chi connectivity index (χ4v) is 4.76. The molecule has 2 aromatic rings. The number of nitrogens with zero attached hydrogens (tertiary/aromatic N) is 3. The van der Waals surface area contributed by atoms with Gasteiger partial charge in [0.1, 0.15) is 12.3 Å². The van der Waals surface area contributed by atoms with Gasteiger partial charge in [0, 0.05) is 37.1 Å². The summed E-state index contributed by atoms with van der Waals surface area (Å²) >= 11 is 0. The summed E-state index contributed by atoms with van der Waals surface area (Å²) in [4.78, 5) is 17.4. The second-order valence-corrected chi connectivity index (χ2v) is 9.31. The molecule has 0 radical (unpaired) electrons. The molecule has 0 saturated carbocycles. The lowest BCUT2D eigenvalue weighted by Gasteiger charge is -2.17. The lowest BCUT2D eigenvalue weighted by molar-refractivity contribution is -0.135. The Morgan fingerprint density at radius 1 is 1.09 bits per heavy atom. The van der Waals surface area contributed by atoms with Crippen LogP contribution in [0.25, 0.3) is 0 Å². The minimum absolute atomic E-state index is 0.0351. The van der Waals surface area contributed by atoms with E-state index in [1.807, 2.05) is 29.6 Å². The number of carboxylic acid groups (broad SMARTS) is 1. The number of aliphatic carboxylic acids is 1. The second-order valence-electron chi connectivity index (χ2n) is 9.31. The molecule has 182 valence electrons. The van der Waals surface area contributed by atoms with Crippen LogP contribution in [0.3, 0.4) is 0 Å². The molecule has 1 atom stereocenters. The third-order valence-electron chi connectivity index (χ3n) is 6.61. The average molecular weight is 456 g/mol. The van der Waals surface area contributed by atoms with E-state index in [0.29, 0.717) is 5.92 Å². The summed E-state index contributed by atoms with van der Waals surface area (Å²) < 4.78 is 8.14. The molecule has 1 aliphatic heterocycles. The van der Waals surface area contributed by atoms with Crippen LogP contribution in [-0.4, -0.2) is 40.3 Å². The van der Waals surface area contributed by atoms with E-state index >= 15 is 0 Å². The number of anilines is 1. The van der Waals surface area contributed by atoms with Crippen LogP contribution in [0.1, 0.15) is 89.0 Å². The number of aryl methyl sites for hydroxylation is 1. The minimum atomic E-state index is -0.794. The molecule has 1 aromatic carbocycles. The molecule has 3 rings (SSSR count). The number of aromatic nitrogens is 2. The summed E-state index contributed by atoms with van der Waals surface area (Å²) in [5.74, 6) is 0.398. The Kier molecular flexibility index (Phi) is 10.6. The molecule has 33 heavy (non-hydrogen) atoms. The van der Waals surface area contributed by atoms with Gasteiger partial charge in [0.25, 0.3) is 0 Å². The molecule has 2 heterocycles. The number of benzene rings is 1. The lowest BCUT2D eigenvalue weighted by Crippen LogP contribution is -2.28. The first-order valence-corrected chi connectivity index (χ1v) is 12.9.